The summed E-state index contributed by atoms with van der Waals surface area (Å²) in [5.41, 5.74) is 5.12. The molecular weight excluding hydrogens is 400 g/mol. The molecule has 1 fully saturated rings. The SMILES string of the molecule is CCn1c(CN2CCOC(c3cc(Nc4ccccn4)cc(C)n3)C2)nc2ccccc21. The average Bonchev–Trinajstić information content (AvgIpc) is 3.16. The van der Waals surface area contributed by atoms with Crippen LogP contribution in [0.2, 0.25) is 0 Å². The van der Waals surface area contributed by atoms with Crippen LogP contribution in [0.3, 0.4) is 0 Å². The Morgan fingerprint density at radius 3 is 2.81 bits per heavy atom. The Labute approximate surface area is 188 Å². The minimum Gasteiger partial charge on any atom is -0.369 e. The Bertz CT molecular complexity index is 1210. The number of aromatic nitrogens is 4. The van der Waals surface area contributed by atoms with Crippen LogP contribution in [0.4, 0.5) is 11.5 Å². The van der Waals surface area contributed by atoms with Crippen LogP contribution in [0.5, 0.6) is 0 Å². The Morgan fingerprint density at radius 1 is 1.09 bits per heavy atom. The molecule has 1 aliphatic heterocycles. The third kappa shape index (κ3) is 4.35. The fourth-order valence-corrected chi connectivity index (χ4v) is 4.34. The fraction of sp³-hybridized carbons (Fsp3) is 0.320. The van der Waals surface area contributed by atoms with Crippen molar-refractivity contribution in [2.75, 3.05) is 25.0 Å². The number of nitrogens with one attached hydrogen (secondary N) is 1. The van der Waals surface area contributed by atoms with E-state index in [-0.39, 0.29) is 6.10 Å². The number of benzene rings is 1. The third-order valence-corrected chi connectivity index (χ3v) is 5.81. The molecule has 1 N–H and O–H groups in total. The molecule has 0 saturated carbocycles. The van der Waals surface area contributed by atoms with Crippen LogP contribution in [-0.2, 0) is 17.8 Å². The van der Waals surface area contributed by atoms with Gasteiger partial charge in [-0.3, -0.25) is 9.88 Å². The molecule has 4 aromatic rings. The first-order valence-corrected chi connectivity index (χ1v) is 11.1. The van der Waals surface area contributed by atoms with Gasteiger partial charge in [0.1, 0.15) is 17.7 Å². The van der Waals surface area contributed by atoms with Crippen molar-refractivity contribution in [1.82, 2.24) is 24.4 Å². The van der Waals surface area contributed by atoms with Gasteiger partial charge in [-0.15, -0.1) is 0 Å². The lowest BCUT2D eigenvalue weighted by molar-refractivity contribution is -0.0359. The number of hydrogen-bond acceptors (Lipinski definition) is 6. The normalized spacial score (nSPS) is 17.0. The number of fused-ring (bicyclic) bond motifs is 1. The van der Waals surface area contributed by atoms with E-state index in [9.17, 15) is 0 Å². The molecule has 0 radical (unpaired) electrons. The predicted octanol–water partition coefficient (Wildman–Crippen LogP) is 4.47. The molecule has 4 heterocycles. The Balaban J connectivity index is 1.34. The summed E-state index contributed by atoms with van der Waals surface area (Å²) in [6, 6.07) is 18.3. The first-order chi connectivity index (χ1) is 15.7. The minimum atomic E-state index is -0.0765. The van der Waals surface area contributed by atoms with Gasteiger partial charge in [0.2, 0.25) is 0 Å². The number of imidazole rings is 1. The lowest BCUT2D eigenvalue weighted by Gasteiger charge is -2.32. The maximum absolute atomic E-state index is 6.13. The summed E-state index contributed by atoms with van der Waals surface area (Å²) in [6.45, 7) is 8.24. The summed E-state index contributed by atoms with van der Waals surface area (Å²) in [7, 11) is 0. The summed E-state index contributed by atoms with van der Waals surface area (Å²) in [6.07, 6.45) is 1.70. The zero-order valence-electron chi connectivity index (χ0n) is 18.5. The Hall–Kier alpha value is -3.29. The lowest BCUT2D eigenvalue weighted by atomic mass is 10.1. The van der Waals surface area contributed by atoms with Crippen LogP contribution >= 0.6 is 0 Å². The summed E-state index contributed by atoms with van der Waals surface area (Å²) in [5, 5.41) is 3.37. The first kappa shape index (κ1) is 20.6. The quantitative estimate of drug-likeness (QED) is 0.489. The van der Waals surface area contributed by atoms with Gasteiger partial charge in [0.15, 0.2) is 0 Å². The van der Waals surface area contributed by atoms with E-state index in [2.05, 4.69) is 51.0 Å². The van der Waals surface area contributed by atoms with Crippen LogP contribution in [0.15, 0.2) is 60.8 Å². The van der Waals surface area contributed by atoms with Gasteiger partial charge in [0, 0.05) is 37.2 Å². The number of ether oxygens (including phenoxy) is 1. The van der Waals surface area contributed by atoms with E-state index in [1.54, 1.807) is 6.20 Å². The smallest absolute Gasteiger partial charge is 0.130 e. The molecule has 1 atom stereocenters. The molecule has 1 aliphatic rings. The van der Waals surface area contributed by atoms with Crippen molar-refractivity contribution in [3.05, 3.63) is 78.0 Å². The van der Waals surface area contributed by atoms with Gasteiger partial charge in [0.25, 0.3) is 0 Å². The largest absolute Gasteiger partial charge is 0.369 e. The van der Waals surface area contributed by atoms with Gasteiger partial charge in [-0.25, -0.2) is 9.97 Å². The zero-order valence-corrected chi connectivity index (χ0v) is 18.5. The van der Waals surface area contributed by atoms with Crippen molar-refractivity contribution in [3.63, 3.8) is 0 Å². The monoisotopic (exact) mass is 428 g/mol. The van der Waals surface area contributed by atoms with Crippen molar-refractivity contribution in [1.29, 1.82) is 0 Å². The number of morpholine rings is 1. The Morgan fingerprint density at radius 2 is 1.97 bits per heavy atom. The van der Waals surface area contributed by atoms with E-state index >= 15 is 0 Å². The highest BCUT2D eigenvalue weighted by Gasteiger charge is 2.25. The maximum atomic E-state index is 6.13. The standard InChI is InChI=1S/C25H28N6O/c1-3-31-22-9-5-4-8-20(22)29-25(31)17-30-12-13-32-23(16-30)21-15-19(14-18(2)27-21)28-24-10-6-7-11-26-24/h4-11,14-15,23H,3,12-13,16-17H2,1-2H3,(H,26,27,28). The molecule has 5 rings (SSSR count). The highest BCUT2D eigenvalue weighted by atomic mass is 16.5. The number of nitrogens with zero attached hydrogens (tertiary/aromatic N) is 5. The zero-order chi connectivity index (χ0) is 21.9. The summed E-state index contributed by atoms with van der Waals surface area (Å²) >= 11 is 0. The average molecular weight is 429 g/mol. The van der Waals surface area contributed by atoms with Gasteiger partial charge in [-0.2, -0.15) is 0 Å². The van der Waals surface area contributed by atoms with E-state index in [4.69, 9.17) is 14.7 Å². The van der Waals surface area contributed by atoms with Crippen molar-refractivity contribution in [2.45, 2.75) is 33.0 Å². The topological polar surface area (TPSA) is 68.1 Å². The van der Waals surface area contributed by atoms with Crippen LogP contribution in [0.25, 0.3) is 11.0 Å². The molecule has 0 aliphatic carbocycles. The molecule has 1 saturated heterocycles. The molecule has 0 amide bonds. The van der Waals surface area contributed by atoms with Crippen molar-refractivity contribution < 1.29 is 4.74 Å². The number of pyridine rings is 2. The molecule has 7 heteroatoms. The molecule has 1 aromatic carbocycles. The van der Waals surface area contributed by atoms with Crippen LogP contribution in [0, 0.1) is 6.92 Å². The van der Waals surface area contributed by atoms with Crippen LogP contribution in [0.1, 0.15) is 30.2 Å². The lowest BCUT2D eigenvalue weighted by Crippen LogP contribution is -2.38. The van der Waals surface area contributed by atoms with Crippen molar-refractivity contribution >= 4 is 22.5 Å². The van der Waals surface area contributed by atoms with Gasteiger partial charge >= 0.3 is 0 Å². The number of anilines is 2. The van der Waals surface area contributed by atoms with Gasteiger partial charge in [-0.05, 0) is 50.2 Å². The highest BCUT2D eigenvalue weighted by molar-refractivity contribution is 5.75. The first-order valence-electron chi connectivity index (χ1n) is 11.1. The number of para-hydroxylation sites is 2. The second kappa shape index (κ2) is 9.06. The second-order valence-electron chi connectivity index (χ2n) is 8.12. The predicted molar refractivity (Wildman–Crippen MR) is 126 cm³/mol. The molecule has 164 valence electrons. The molecule has 7 nitrogen and oxygen atoms in total. The Kier molecular flexibility index (Phi) is 5.83. The molecule has 0 bridgehead atoms. The summed E-state index contributed by atoms with van der Waals surface area (Å²) in [4.78, 5) is 16.4. The maximum Gasteiger partial charge on any atom is 0.130 e. The third-order valence-electron chi connectivity index (χ3n) is 5.81. The molecule has 32 heavy (non-hydrogen) atoms. The second-order valence-corrected chi connectivity index (χ2v) is 8.12. The fourth-order valence-electron chi connectivity index (χ4n) is 4.34. The van der Waals surface area contributed by atoms with Crippen LogP contribution in [-0.4, -0.2) is 44.1 Å². The molecule has 1 unspecified atom stereocenters. The van der Waals surface area contributed by atoms with E-state index in [0.717, 1.165) is 60.4 Å². The van der Waals surface area contributed by atoms with Gasteiger partial charge in [-0.1, -0.05) is 18.2 Å². The summed E-state index contributed by atoms with van der Waals surface area (Å²) in [5.74, 6) is 1.91. The van der Waals surface area contributed by atoms with E-state index in [1.807, 2.05) is 37.3 Å². The van der Waals surface area contributed by atoms with Gasteiger partial charge in [0.05, 0.1) is 29.9 Å². The number of rotatable bonds is 6. The van der Waals surface area contributed by atoms with E-state index < -0.39 is 0 Å². The number of aryl methyl sites for hydroxylation is 2. The van der Waals surface area contributed by atoms with Crippen molar-refractivity contribution in [2.24, 2.45) is 0 Å². The minimum absolute atomic E-state index is 0.0765. The molecule has 0 spiro atoms. The molecular formula is C25H28N6O. The summed E-state index contributed by atoms with van der Waals surface area (Å²) < 4.78 is 8.44. The molecule has 3 aromatic heterocycles. The van der Waals surface area contributed by atoms with Crippen molar-refractivity contribution in [3.8, 4) is 0 Å². The number of hydrogen-bond donors (Lipinski definition) is 1. The highest BCUT2D eigenvalue weighted by Crippen LogP contribution is 2.26. The van der Waals surface area contributed by atoms with E-state index in [1.165, 1.54) is 5.52 Å². The van der Waals surface area contributed by atoms with E-state index in [0.29, 0.717) is 6.61 Å². The van der Waals surface area contributed by atoms with Crippen LogP contribution < -0.4 is 5.32 Å². The van der Waals surface area contributed by atoms with Gasteiger partial charge < -0.3 is 14.6 Å².